The second-order valence-corrected chi connectivity index (χ2v) is 39.6. The Balaban J connectivity index is 0.447. The first kappa shape index (κ1) is 85.6. The molecule has 0 saturated carbocycles. The lowest BCUT2D eigenvalue weighted by Crippen LogP contribution is -2.10. The Hall–Kier alpha value is -19.9. The van der Waals surface area contributed by atoms with Crippen molar-refractivity contribution in [3.05, 3.63) is 540 Å². The lowest BCUT2D eigenvalue weighted by Gasteiger charge is -2.27. The summed E-state index contributed by atoms with van der Waals surface area (Å²) in [6, 6.07) is 198. The molecule has 6 heteroatoms. The number of hydrogen-bond donors (Lipinski definition) is 0. The van der Waals surface area contributed by atoms with Gasteiger partial charge in [-0.05, 0) is 344 Å². The van der Waals surface area contributed by atoms with Gasteiger partial charge in [-0.1, -0.05) is 376 Å². The van der Waals surface area contributed by atoms with Crippen LogP contribution >= 0.6 is 0 Å². The summed E-state index contributed by atoms with van der Waals surface area (Å²) >= 11 is 0. The quantitative estimate of drug-likeness (QED) is 0.0847. The van der Waals surface area contributed by atoms with E-state index in [1.165, 1.54) is 114 Å². The molecule has 27 aromatic carbocycles. The molecule has 3 heterocycles. The summed E-state index contributed by atoms with van der Waals surface area (Å²) in [4.78, 5) is 7.15. The van der Waals surface area contributed by atoms with Crippen molar-refractivity contribution in [2.24, 2.45) is 0 Å². The molecule has 30 rings (SSSR count). The standard InChI is InChI=1S/C144H89N3O3/c1-4-18-90(19-5-1)93-40-58-109(59-41-93)145(111-64-46-97(47-65-111)122-29-16-34-139-142(122)132-28-12-13-33-137(132)148-139)115-68-78-120-107(83-115)55-75-129-127(120)72-51-99-36-38-101(86-134(99)129)103-57-81-138-136(88-103)131-32-15-31-124(144(131)150-138)98-48-66-112(67-49-98)146(110-60-42-94(43-61-110)91-20-6-2-7-21-91)116-69-79-121-108(84-116)56-76-130-128(121)73-52-100-37-39-102(87-135(100)130)104-53-77-133-141(89-104)149-140-35-17-30-123(143(133)140)105-25-14-26-114(82-105)147(113-62-44-95(45-63-113)92-22-8-3-9-23-92)117-70-80-119-106(85-117)54-74-125-118-27-11-10-24-96(118)50-71-126(119)125/h1-89H. The van der Waals surface area contributed by atoms with Crippen LogP contribution in [0.15, 0.2) is 553 Å². The van der Waals surface area contributed by atoms with Crippen molar-refractivity contribution in [3.8, 4) is 89.0 Å². The third-order valence-corrected chi connectivity index (χ3v) is 31.2. The molecule has 0 aliphatic heterocycles. The van der Waals surface area contributed by atoms with Crippen LogP contribution in [0.3, 0.4) is 0 Å². The number of para-hydroxylation sites is 2. The van der Waals surface area contributed by atoms with Gasteiger partial charge in [0, 0.05) is 89.1 Å². The van der Waals surface area contributed by atoms with Gasteiger partial charge >= 0.3 is 0 Å². The van der Waals surface area contributed by atoms with Crippen LogP contribution in [0.1, 0.15) is 0 Å². The maximum atomic E-state index is 6.99. The van der Waals surface area contributed by atoms with Gasteiger partial charge in [0.2, 0.25) is 0 Å². The van der Waals surface area contributed by atoms with E-state index in [1.54, 1.807) is 0 Å². The fourth-order valence-corrected chi connectivity index (χ4v) is 23.8. The summed E-state index contributed by atoms with van der Waals surface area (Å²) in [5.41, 5.74) is 32.8. The predicted octanol–water partition coefficient (Wildman–Crippen LogP) is 41.5. The Labute approximate surface area is 864 Å². The molecule has 0 aliphatic carbocycles. The molecule has 698 valence electrons. The maximum Gasteiger partial charge on any atom is 0.143 e. The molecule has 0 radical (unpaired) electrons. The number of benzene rings is 27. The van der Waals surface area contributed by atoms with E-state index in [0.29, 0.717) is 0 Å². The zero-order valence-corrected chi connectivity index (χ0v) is 81.5. The summed E-state index contributed by atoms with van der Waals surface area (Å²) in [5.74, 6) is 0. The first-order valence-electron chi connectivity index (χ1n) is 51.4. The SMILES string of the molecule is c1ccc(-c2ccc(N(c3cccc(-c4cccc5oc6cc(-c7ccc8ccc9c%10ccc(N(c%11ccc(-c%12ccccc%12)cc%11)c%11ccc(-c%12cccc%13c%12oc%12ccc(-c%14ccc%15ccc%16c%17ccc(N(c%18ccc(-c%19ccccc%19)cc%18)c%18ccc(-c%19cccc%20oc%21ccccc%21c%19%20)cc%18)cc%17ccc%16c%15c%14)cc%12%13)cc%11)cc%10ccc9c8c7)ccc6c45)c3)c3ccc4c(ccc5c6ccccc6ccc45)c3)cc2)cc1. The van der Waals surface area contributed by atoms with Gasteiger partial charge in [-0.3, -0.25) is 0 Å². The Kier molecular flexibility index (Phi) is 20.0. The minimum atomic E-state index is 0.842. The molecule has 3 aromatic heterocycles. The Morgan fingerprint density at radius 2 is 0.393 bits per heavy atom. The van der Waals surface area contributed by atoms with Crippen molar-refractivity contribution in [3.63, 3.8) is 0 Å². The highest BCUT2D eigenvalue weighted by atomic mass is 16.3. The normalized spacial score (nSPS) is 11.9. The molecule has 0 unspecified atom stereocenters. The third-order valence-electron chi connectivity index (χ3n) is 31.2. The molecule has 0 amide bonds. The predicted molar refractivity (Wildman–Crippen MR) is 633 cm³/mol. The van der Waals surface area contributed by atoms with Crippen LogP contribution < -0.4 is 14.7 Å². The van der Waals surface area contributed by atoms with Crippen LogP contribution in [0.5, 0.6) is 0 Å². The number of furan rings is 3. The van der Waals surface area contributed by atoms with Crippen LogP contribution in [0.2, 0.25) is 0 Å². The van der Waals surface area contributed by atoms with Crippen LogP contribution in [-0.4, -0.2) is 0 Å². The molecule has 150 heavy (non-hydrogen) atoms. The smallest absolute Gasteiger partial charge is 0.143 e. The highest BCUT2D eigenvalue weighted by Crippen LogP contribution is 2.51. The average Bonchev–Trinajstić information content (AvgIpc) is 1.49. The molecular formula is C144H89N3O3. The highest BCUT2D eigenvalue weighted by molar-refractivity contribution is 6.23. The fourth-order valence-electron chi connectivity index (χ4n) is 23.8. The summed E-state index contributed by atoms with van der Waals surface area (Å²) < 4.78 is 20.3. The van der Waals surface area contributed by atoms with Crippen molar-refractivity contribution in [1.82, 2.24) is 0 Å². The number of rotatable bonds is 17. The molecule has 6 nitrogen and oxygen atoms in total. The van der Waals surface area contributed by atoms with Crippen LogP contribution in [0.4, 0.5) is 51.2 Å². The molecule has 30 aromatic rings. The monoisotopic (exact) mass is 1910 g/mol. The highest BCUT2D eigenvalue weighted by Gasteiger charge is 2.26. The van der Waals surface area contributed by atoms with E-state index in [-0.39, 0.29) is 0 Å². The van der Waals surface area contributed by atoms with Crippen LogP contribution in [-0.2, 0) is 0 Å². The number of nitrogens with zero attached hydrogens (tertiary/aromatic N) is 3. The first-order chi connectivity index (χ1) is 74.3. The van der Waals surface area contributed by atoms with E-state index in [2.05, 4.69) is 542 Å². The van der Waals surface area contributed by atoms with Gasteiger partial charge in [-0.2, -0.15) is 0 Å². The van der Waals surface area contributed by atoms with Gasteiger partial charge in [-0.15, -0.1) is 0 Å². The van der Waals surface area contributed by atoms with Crippen molar-refractivity contribution < 1.29 is 13.3 Å². The summed E-state index contributed by atoms with van der Waals surface area (Å²) in [7, 11) is 0. The van der Waals surface area contributed by atoms with Gasteiger partial charge in [0.15, 0.2) is 0 Å². The van der Waals surface area contributed by atoms with Gasteiger partial charge in [0.25, 0.3) is 0 Å². The van der Waals surface area contributed by atoms with E-state index in [0.717, 1.165) is 189 Å². The number of hydrogen-bond acceptors (Lipinski definition) is 6. The Morgan fingerprint density at radius 1 is 0.113 bits per heavy atom. The lowest BCUT2D eigenvalue weighted by molar-refractivity contribution is 0.668. The van der Waals surface area contributed by atoms with Crippen LogP contribution in [0, 0.1) is 0 Å². The topological polar surface area (TPSA) is 49.1 Å². The van der Waals surface area contributed by atoms with E-state index < -0.39 is 0 Å². The summed E-state index contributed by atoms with van der Waals surface area (Å²) in [6.45, 7) is 0. The molecular weight excluding hydrogens is 1820 g/mol. The van der Waals surface area contributed by atoms with E-state index >= 15 is 0 Å². The average molecular weight is 1910 g/mol. The van der Waals surface area contributed by atoms with Crippen molar-refractivity contribution in [1.29, 1.82) is 0 Å². The van der Waals surface area contributed by atoms with E-state index in [1.807, 2.05) is 12.1 Å². The Morgan fingerprint density at radius 3 is 0.887 bits per heavy atom. The fraction of sp³-hybridized carbons (Fsp3) is 0. The first-order valence-corrected chi connectivity index (χ1v) is 51.4. The molecule has 0 atom stereocenters. The molecule has 0 N–H and O–H groups in total. The number of fused-ring (bicyclic) bond motifs is 24. The molecule has 0 aliphatic rings. The molecule has 0 bridgehead atoms. The molecule has 0 spiro atoms. The zero-order valence-electron chi connectivity index (χ0n) is 81.5. The third kappa shape index (κ3) is 14.5. The van der Waals surface area contributed by atoms with E-state index in [4.69, 9.17) is 13.3 Å². The van der Waals surface area contributed by atoms with Crippen molar-refractivity contribution >= 4 is 214 Å². The van der Waals surface area contributed by atoms with Gasteiger partial charge in [-0.25, -0.2) is 0 Å². The second kappa shape index (κ2) is 35.0. The Bertz CT molecular complexity index is 10700. The largest absolute Gasteiger partial charge is 0.456 e. The van der Waals surface area contributed by atoms with Crippen molar-refractivity contribution in [2.75, 3.05) is 14.7 Å². The van der Waals surface area contributed by atoms with Gasteiger partial charge in [0.1, 0.15) is 33.5 Å². The maximum absolute atomic E-state index is 6.99. The summed E-state index contributed by atoms with van der Waals surface area (Å²) in [6.07, 6.45) is 0. The second-order valence-electron chi connectivity index (χ2n) is 39.6. The van der Waals surface area contributed by atoms with Crippen molar-refractivity contribution in [2.45, 2.75) is 0 Å². The van der Waals surface area contributed by atoms with E-state index in [9.17, 15) is 0 Å². The minimum Gasteiger partial charge on any atom is -0.456 e. The summed E-state index contributed by atoms with van der Waals surface area (Å²) in [5, 5.41) is 28.3. The molecule has 0 saturated heterocycles. The van der Waals surface area contributed by atoms with Gasteiger partial charge in [0.05, 0.1) is 0 Å². The van der Waals surface area contributed by atoms with Crippen LogP contribution in [0.25, 0.3) is 252 Å². The lowest BCUT2D eigenvalue weighted by atomic mass is 9.93. The zero-order chi connectivity index (χ0) is 98.5. The number of anilines is 9. The molecule has 0 fully saturated rings. The minimum absolute atomic E-state index is 0.842. The van der Waals surface area contributed by atoms with Gasteiger partial charge < -0.3 is 28.0 Å².